The van der Waals surface area contributed by atoms with E-state index in [-0.39, 0.29) is 25.5 Å². The third kappa shape index (κ3) is 6.04. The fourth-order valence-corrected chi connectivity index (χ4v) is 2.63. The maximum atomic E-state index is 12.1. The van der Waals surface area contributed by atoms with Crippen molar-refractivity contribution in [2.45, 2.75) is 18.9 Å². The van der Waals surface area contributed by atoms with Crippen molar-refractivity contribution < 1.29 is 24.2 Å². The topological polar surface area (TPSA) is 149 Å². The van der Waals surface area contributed by atoms with Crippen LogP contribution in [0.25, 0.3) is 10.8 Å². The molecule has 2 aromatic rings. The number of aliphatic carboxylic acids is 1. The molecular formula is C19H24N4O5. The van der Waals surface area contributed by atoms with Crippen LogP contribution in [-0.4, -0.2) is 49.2 Å². The minimum atomic E-state index is -1.13. The maximum Gasteiger partial charge on any atom is 0.326 e. The highest BCUT2D eigenvalue weighted by Crippen LogP contribution is 2.28. The van der Waals surface area contributed by atoms with Crippen molar-refractivity contribution in [3.8, 4) is 11.5 Å². The number of methoxy groups -OCH3 is 1. The Bertz CT molecular complexity index is 865. The van der Waals surface area contributed by atoms with Crippen LogP contribution in [-0.2, 0) is 9.59 Å². The van der Waals surface area contributed by atoms with Crippen LogP contribution < -0.4 is 26.3 Å². The summed E-state index contributed by atoms with van der Waals surface area (Å²) in [6.45, 7) is -0.0131. The summed E-state index contributed by atoms with van der Waals surface area (Å²) in [6.07, 6.45) is 0.618. The van der Waals surface area contributed by atoms with Gasteiger partial charge in [0.2, 0.25) is 0 Å². The van der Waals surface area contributed by atoms with Crippen molar-refractivity contribution in [1.29, 1.82) is 0 Å². The van der Waals surface area contributed by atoms with Crippen LogP contribution in [0.1, 0.15) is 12.8 Å². The lowest BCUT2D eigenvalue weighted by Gasteiger charge is -2.15. The Morgan fingerprint density at radius 2 is 2.04 bits per heavy atom. The van der Waals surface area contributed by atoms with Gasteiger partial charge in [-0.1, -0.05) is 12.1 Å². The molecule has 0 spiro atoms. The zero-order valence-electron chi connectivity index (χ0n) is 15.6. The van der Waals surface area contributed by atoms with Crippen molar-refractivity contribution in [3.63, 3.8) is 0 Å². The molecule has 1 atom stereocenters. The number of rotatable bonds is 10. The second-order valence-electron chi connectivity index (χ2n) is 6.04. The molecule has 0 saturated carbocycles. The Labute approximate surface area is 162 Å². The minimum Gasteiger partial charge on any atom is -0.497 e. The van der Waals surface area contributed by atoms with Crippen LogP contribution >= 0.6 is 0 Å². The molecule has 0 bridgehead atoms. The van der Waals surface area contributed by atoms with Crippen molar-refractivity contribution in [2.24, 2.45) is 16.5 Å². The highest BCUT2D eigenvalue weighted by Gasteiger charge is 2.19. The molecule has 2 aromatic carbocycles. The Kier molecular flexibility index (Phi) is 7.44. The molecule has 0 fully saturated rings. The number of carbonyl (C=O) groups is 2. The number of ether oxygens (including phenoxy) is 2. The molecule has 2 rings (SSSR count). The Balaban J connectivity index is 1.94. The number of carboxylic acid groups (broad SMARTS) is 1. The number of fused-ring (bicyclic) bond motifs is 1. The Morgan fingerprint density at radius 3 is 2.71 bits per heavy atom. The SMILES string of the molecule is COc1ccc2c(OCC(=O)NC(CCCN=C(N)N)C(=O)O)cccc2c1. The van der Waals surface area contributed by atoms with Crippen molar-refractivity contribution in [1.82, 2.24) is 5.32 Å². The van der Waals surface area contributed by atoms with E-state index < -0.39 is 17.9 Å². The second-order valence-corrected chi connectivity index (χ2v) is 6.04. The molecule has 1 amide bonds. The lowest BCUT2D eigenvalue weighted by molar-refractivity contribution is -0.142. The highest BCUT2D eigenvalue weighted by atomic mass is 16.5. The first-order chi connectivity index (χ1) is 13.4. The quantitative estimate of drug-likeness (QED) is 0.268. The largest absolute Gasteiger partial charge is 0.497 e. The zero-order chi connectivity index (χ0) is 20.5. The second kappa shape index (κ2) is 10.0. The fourth-order valence-electron chi connectivity index (χ4n) is 2.63. The molecule has 6 N–H and O–H groups in total. The lowest BCUT2D eigenvalue weighted by Crippen LogP contribution is -2.43. The van der Waals surface area contributed by atoms with Crippen molar-refractivity contribution in [2.75, 3.05) is 20.3 Å². The smallest absolute Gasteiger partial charge is 0.326 e. The van der Waals surface area contributed by atoms with Crippen LogP contribution in [0.4, 0.5) is 0 Å². The summed E-state index contributed by atoms with van der Waals surface area (Å²) in [5.41, 5.74) is 10.4. The number of nitrogens with zero attached hydrogens (tertiary/aromatic N) is 1. The summed E-state index contributed by atoms with van der Waals surface area (Å²) in [5.74, 6) is -0.477. The number of nitrogens with one attached hydrogen (secondary N) is 1. The van der Waals surface area contributed by atoms with Gasteiger partial charge in [0.15, 0.2) is 12.6 Å². The van der Waals surface area contributed by atoms with Crippen LogP contribution in [0.3, 0.4) is 0 Å². The van der Waals surface area contributed by atoms with E-state index in [0.717, 1.165) is 10.8 Å². The molecule has 9 heteroatoms. The maximum absolute atomic E-state index is 12.1. The average molecular weight is 388 g/mol. The molecule has 0 aliphatic rings. The molecule has 0 radical (unpaired) electrons. The number of benzene rings is 2. The van der Waals surface area contributed by atoms with Crippen LogP contribution in [0.5, 0.6) is 11.5 Å². The van der Waals surface area contributed by atoms with Gasteiger partial charge in [0, 0.05) is 11.9 Å². The van der Waals surface area contributed by atoms with Gasteiger partial charge in [0.1, 0.15) is 17.5 Å². The predicted molar refractivity (Wildman–Crippen MR) is 105 cm³/mol. The Morgan fingerprint density at radius 1 is 1.25 bits per heavy atom. The third-order valence-corrected chi connectivity index (χ3v) is 3.98. The molecule has 0 heterocycles. The van der Waals surface area contributed by atoms with Gasteiger partial charge in [-0.2, -0.15) is 0 Å². The molecule has 0 aliphatic carbocycles. The molecule has 150 valence electrons. The average Bonchev–Trinajstić information content (AvgIpc) is 2.67. The van der Waals surface area contributed by atoms with Gasteiger partial charge in [-0.15, -0.1) is 0 Å². The van der Waals surface area contributed by atoms with E-state index in [4.69, 9.17) is 20.9 Å². The molecule has 9 nitrogen and oxygen atoms in total. The predicted octanol–water partition coefficient (Wildman–Crippen LogP) is 0.850. The van der Waals surface area contributed by atoms with Gasteiger partial charge < -0.3 is 31.4 Å². The number of aliphatic imine (C=N–C) groups is 1. The molecule has 0 saturated heterocycles. The van der Waals surface area contributed by atoms with Gasteiger partial charge in [-0.25, -0.2) is 4.79 Å². The van der Waals surface area contributed by atoms with E-state index >= 15 is 0 Å². The van der Waals surface area contributed by atoms with Crippen LogP contribution in [0, 0.1) is 0 Å². The van der Waals surface area contributed by atoms with Gasteiger partial charge >= 0.3 is 5.97 Å². The van der Waals surface area contributed by atoms with Gasteiger partial charge in [0.05, 0.1) is 7.11 Å². The summed E-state index contributed by atoms with van der Waals surface area (Å²) in [5, 5.41) is 13.4. The number of nitrogens with two attached hydrogens (primary N) is 2. The number of amides is 1. The first-order valence-electron chi connectivity index (χ1n) is 8.68. The monoisotopic (exact) mass is 388 g/mol. The zero-order valence-corrected chi connectivity index (χ0v) is 15.6. The fraction of sp³-hybridized carbons (Fsp3) is 0.316. The number of carboxylic acids is 1. The number of hydrogen-bond donors (Lipinski definition) is 4. The van der Waals surface area contributed by atoms with E-state index in [1.54, 1.807) is 25.3 Å². The van der Waals surface area contributed by atoms with E-state index in [0.29, 0.717) is 17.9 Å². The summed E-state index contributed by atoms with van der Waals surface area (Å²) in [7, 11) is 1.59. The number of guanidine groups is 1. The minimum absolute atomic E-state index is 0.0583. The van der Waals surface area contributed by atoms with Crippen molar-refractivity contribution >= 4 is 28.6 Å². The number of hydrogen-bond acceptors (Lipinski definition) is 5. The van der Waals surface area contributed by atoms with E-state index in [1.807, 2.05) is 18.2 Å². The summed E-state index contributed by atoms with van der Waals surface area (Å²) in [4.78, 5) is 27.2. The van der Waals surface area contributed by atoms with Gasteiger partial charge in [-0.05, 0) is 42.5 Å². The van der Waals surface area contributed by atoms with Crippen molar-refractivity contribution in [3.05, 3.63) is 36.4 Å². The number of carbonyl (C=O) groups excluding carboxylic acids is 1. The van der Waals surface area contributed by atoms with E-state index in [9.17, 15) is 14.7 Å². The Hall–Kier alpha value is -3.49. The summed E-state index contributed by atoms with van der Waals surface area (Å²) >= 11 is 0. The summed E-state index contributed by atoms with van der Waals surface area (Å²) < 4.78 is 10.8. The first kappa shape index (κ1) is 20.8. The lowest BCUT2D eigenvalue weighted by atomic mass is 10.1. The third-order valence-electron chi connectivity index (χ3n) is 3.98. The first-order valence-corrected chi connectivity index (χ1v) is 8.68. The van der Waals surface area contributed by atoms with E-state index in [1.165, 1.54) is 0 Å². The standard InChI is InChI=1S/C19H24N4O5/c1-27-13-7-8-14-12(10-13)4-2-6-16(14)28-11-17(24)23-15(18(25)26)5-3-9-22-19(20)21/h2,4,6-8,10,15H,3,5,9,11H2,1H3,(H,23,24)(H,25,26)(H4,20,21,22). The highest BCUT2D eigenvalue weighted by molar-refractivity contribution is 5.90. The molecule has 0 aromatic heterocycles. The van der Waals surface area contributed by atoms with Crippen LogP contribution in [0.2, 0.25) is 0 Å². The molecular weight excluding hydrogens is 364 g/mol. The molecule has 1 unspecified atom stereocenters. The molecule has 0 aliphatic heterocycles. The normalized spacial score (nSPS) is 11.5. The van der Waals surface area contributed by atoms with E-state index in [2.05, 4.69) is 10.3 Å². The van der Waals surface area contributed by atoms with Gasteiger partial charge in [0.25, 0.3) is 5.91 Å². The van der Waals surface area contributed by atoms with Gasteiger partial charge in [-0.3, -0.25) is 9.79 Å². The molecule has 28 heavy (non-hydrogen) atoms. The summed E-state index contributed by atoms with van der Waals surface area (Å²) in [6, 6.07) is 9.91. The van der Waals surface area contributed by atoms with Crippen LogP contribution in [0.15, 0.2) is 41.4 Å².